The van der Waals surface area contributed by atoms with Gasteiger partial charge < -0.3 is 4.42 Å². The van der Waals surface area contributed by atoms with Crippen LogP contribution in [-0.4, -0.2) is 14.2 Å². The molecule has 100 valence electrons. The fraction of sp³-hybridized carbons (Fsp3) is 0.154. The van der Waals surface area contributed by atoms with Crippen molar-refractivity contribution in [1.29, 1.82) is 0 Å². The normalized spacial score (nSPS) is 11.5. The Bertz CT molecular complexity index is 762. The molecule has 0 atom stereocenters. The quantitative estimate of drug-likeness (QED) is 0.860. The van der Waals surface area contributed by atoms with Crippen molar-refractivity contribution in [3.63, 3.8) is 0 Å². The van der Waals surface area contributed by atoms with Crippen LogP contribution >= 0.6 is 15.9 Å². The van der Waals surface area contributed by atoms with E-state index in [2.05, 4.69) is 15.9 Å². The molecule has 0 fully saturated rings. The van der Waals surface area contributed by atoms with Crippen LogP contribution in [-0.2, 0) is 9.84 Å². The van der Waals surface area contributed by atoms with Crippen molar-refractivity contribution >= 4 is 25.8 Å². The van der Waals surface area contributed by atoms with Crippen molar-refractivity contribution in [1.82, 2.24) is 0 Å². The Morgan fingerprint density at radius 3 is 2.58 bits per heavy atom. The molecule has 0 spiro atoms. The summed E-state index contributed by atoms with van der Waals surface area (Å²) in [6, 6.07) is 9.48. The van der Waals surface area contributed by atoms with E-state index in [1.54, 1.807) is 18.2 Å². The van der Waals surface area contributed by atoms with Gasteiger partial charge in [-0.3, -0.25) is 0 Å². The van der Waals surface area contributed by atoms with Crippen LogP contribution in [0.15, 0.2) is 55.0 Å². The zero-order chi connectivity index (χ0) is 14.0. The maximum absolute atomic E-state index is 11.8. The molecule has 1 aromatic heterocycles. The molecule has 0 aliphatic carbocycles. The maximum Gasteiger partial charge on any atom is 0.337 e. The standard InChI is InChI=1S/C13H11BrO4S/c1-2-19(16,17)11-7-12(18-13(15)8-11)9-4-3-5-10(14)6-9/h3-8H,2H2,1H3. The second-order valence-electron chi connectivity index (χ2n) is 3.89. The fourth-order valence-corrected chi connectivity index (χ4v) is 2.88. The van der Waals surface area contributed by atoms with Gasteiger partial charge in [0, 0.05) is 22.2 Å². The number of hydrogen-bond donors (Lipinski definition) is 0. The lowest BCUT2D eigenvalue weighted by atomic mass is 10.2. The van der Waals surface area contributed by atoms with Gasteiger partial charge in [0.1, 0.15) is 5.76 Å². The highest BCUT2D eigenvalue weighted by molar-refractivity contribution is 9.10. The largest absolute Gasteiger partial charge is 0.423 e. The maximum atomic E-state index is 11.8. The van der Waals surface area contributed by atoms with Crippen molar-refractivity contribution in [2.45, 2.75) is 11.8 Å². The van der Waals surface area contributed by atoms with E-state index < -0.39 is 15.5 Å². The first-order chi connectivity index (χ1) is 8.92. The summed E-state index contributed by atoms with van der Waals surface area (Å²) in [5.41, 5.74) is -0.0378. The molecular formula is C13H11BrO4S. The summed E-state index contributed by atoms with van der Waals surface area (Å²) in [7, 11) is -3.43. The molecule has 0 aliphatic rings. The summed E-state index contributed by atoms with van der Waals surface area (Å²) >= 11 is 3.31. The van der Waals surface area contributed by atoms with Gasteiger partial charge in [0.25, 0.3) is 0 Å². The second kappa shape index (κ2) is 5.30. The van der Waals surface area contributed by atoms with Gasteiger partial charge in [0.2, 0.25) is 0 Å². The lowest BCUT2D eigenvalue weighted by Gasteiger charge is -2.04. The van der Waals surface area contributed by atoms with E-state index in [4.69, 9.17) is 4.42 Å². The molecule has 0 aliphatic heterocycles. The molecule has 0 bridgehead atoms. The SMILES string of the molecule is CCS(=O)(=O)c1cc(-c2cccc(Br)c2)oc(=O)c1. The van der Waals surface area contributed by atoms with Crippen molar-refractivity contribution < 1.29 is 12.8 Å². The van der Waals surface area contributed by atoms with Crippen LogP contribution < -0.4 is 5.63 Å². The summed E-state index contributed by atoms with van der Waals surface area (Å²) in [5.74, 6) is 0.176. The lowest BCUT2D eigenvalue weighted by molar-refractivity contribution is 0.518. The Morgan fingerprint density at radius 1 is 1.21 bits per heavy atom. The summed E-state index contributed by atoms with van der Waals surface area (Å²) in [5, 5.41) is 0. The average Bonchev–Trinajstić information content (AvgIpc) is 2.38. The molecule has 0 radical (unpaired) electrons. The molecule has 0 amide bonds. The van der Waals surface area contributed by atoms with Gasteiger partial charge in [0.15, 0.2) is 9.84 Å². The molecule has 2 aromatic rings. The average molecular weight is 343 g/mol. The molecule has 2 rings (SSSR count). The predicted octanol–water partition coefficient (Wildman–Crippen LogP) is 2.86. The van der Waals surface area contributed by atoms with Crippen molar-refractivity contribution in [2.24, 2.45) is 0 Å². The smallest absolute Gasteiger partial charge is 0.337 e. The van der Waals surface area contributed by atoms with Gasteiger partial charge >= 0.3 is 5.63 Å². The van der Waals surface area contributed by atoms with Crippen LogP contribution in [0.2, 0.25) is 0 Å². The number of benzene rings is 1. The first-order valence-corrected chi connectivity index (χ1v) is 8.01. The number of halogens is 1. The Kier molecular flexibility index (Phi) is 3.91. The lowest BCUT2D eigenvalue weighted by Crippen LogP contribution is -2.08. The molecule has 0 saturated heterocycles. The van der Waals surface area contributed by atoms with Crippen LogP contribution in [0, 0.1) is 0 Å². The van der Waals surface area contributed by atoms with Crippen LogP contribution in [0.5, 0.6) is 0 Å². The molecule has 1 aromatic carbocycles. The van der Waals surface area contributed by atoms with Crippen LogP contribution in [0.25, 0.3) is 11.3 Å². The highest BCUT2D eigenvalue weighted by Crippen LogP contribution is 2.24. The first-order valence-electron chi connectivity index (χ1n) is 5.56. The molecule has 6 heteroatoms. The van der Waals surface area contributed by atoms with Gasteiger partial charge in [-0.1, -0.05) is 35.0 Å². The zero-order valence-corrected chi connectivity index (χ0v) is 12.5. The van der Waals surface area contributed by atoms with E-state index in [0.717, 1.165) is 10.5 Å². The molecule has 0 saturated carbocycles. The monoisotopic (exact) mass is 342 g/mol. The Labute approximate surface area is 119 Å². The minimum absolute atomic E-state index is 0.0128. The third kappa shape index (κ3) is 3.13. The number of hydrogen-bond acceptors (Lipinski definition) is 4. The molecule has 0 N–H and O–H groups in total. The van der Waals surface area contributed by atoms with Crippen molar-refractivity contribution in [3.8, 4) is 11.3 Å². The minimum Gasteiger partial charge on any atom is -0.423 e. The van der Waals surface area contributed by atoms with Crippen molar-refractivity contribution in [3.05, 3.63) is 51.3 Å². The third-order valence-corrected chi connectivity index (χ3v) is 4.80. The topological polar surface area (TPSA) is 64.3 Å². The van der Waals surface area contributed by atoms with Crippen LogP contribution in [0.1, 0.15) is 6.92 Å². The van der Waals surface area contributed by atoms with Crippen LogP contribution in [0.3, 0.4) is 0 Å². The third-order valence-electron chi connectivity index (χ3n) is 2.59. The van der Waals surface area contributed by atoms with E-state index >= 15 is 0 Å². The van der Waals surface area contributed by atoms with E-state index in [1.807, 2.05) is 6.07 Å². The van der Waals surface area contributed by atoms with Crippen molar-refractivity contribution in [2.75, 3.05) is 5.75 Å². The Balaban J connectivity index is 2.64. The molecule has 19 heavy (non-hydrogen) atoms. The number of sulfone groups is 1. The Hall–Kier alpha value is -1.40. The molecule has 1 heterocycles. The van der Waals surface area contributed by atoms with E-state index in [1.165, 1.54) is 13.0 Å². The summed E-state index contributed by atoms with van der Waals surface area (Å²) in [4.78, 5) is 11.5. The fourth-order valence-electron chi connectivity index (χ4n) is 1.58. The van der Waals surface area contributed by atoms with Gasteiger partial charge in [-0.25, -0.2) is 13.2 Å². The highest BCUT2D eigenvalue weighted by Gasteiger charge is 2.15. The summed E-state index contributed by atoms with van der Waals surface area (Å²) in [6.07, 6.45) is 0. The minimum atomic E-state index is -3.43. The van der Waals surface area contributed by atoms with Gasteiger partial charge in [-0.05, 0) is 12.1 Å². The van der Waals surface area contributed by atoms with Crippen LogP contribution in [0.4, 0.5) is 0 Å². The summed E-state index contributed by atoms with van der Waals surface area (Å²) in [6.45, 7) is 1.53. The summed E-state index contributed by atoms with van der Waals surface area (Å²) < 4.78 is 29.5. The Morgan fingerprint density at radius 2 is 1.95 bits per heavy atom. The van der Waals surface area contributed by atoms with Gasteiger partial charge in [0.05, 0.1) is 10.6 Å². The first kappa shape index (κ1) is 14.0. The highest BCUT2D eigenvalue weighted by atomic mass is 79.9. The zero-order valence-electron chi connectivity index (χ0n) is 10.1. The van der Waals surface area contributed by atoms with E-state index in [0.29, 0.717) is 5.56 Å². The molecule has 4 nitrogen and oxygen atoms in total. The van der Waals surface area contributed by atoms with E-state index in [-0.39, 0.29) is 16.4 Å². The van der Waals surface area contributed by atoms with E-state index in [9.17, 15) is 13.2 Å². The van der Waals surface area contributed by atoms with Gasteiger partial charge in [-0.15, -0.1) is 0 Å². The number of rotatable bonds is 3. The molecular weight excluding hydrogens is 332 g/mol. The van der Waals surface area contributed by atoms with Gasteiger partial charge in [-0.2, -0.15) is 0 Å². The second-order valence-corrected chi connectivity index (χ2v) is 7.08. The predicted molar refractivity (Wildman–Crippen MR) is 75.8 cm³/mol. The molecule has 0 unspecified atom stereocenters.